The third-order valence-corrected chi connectivity index (χ3v) is 3.03. The van der Waals surface area contributed by atoms with E-state index in [9.17, 15) is 9.18 Å². The van der Waals surface area contributed by atoms with Crippen molar-refractivity contribution < 1.29 is 9.18 Å². The van der Waals surface area contributed by atoms with Crippen molar-refractivity contribution in [3.05, 3.63) is 0 Å². The zero-order valence-electron chi connectivity index (χ0n) is 7.05. The van der Waals surface area contributed by atoms with E-state index in [1.165, 1.54) is 0 Å². The number of carbonyl (C=O) groups excluding carboxylic acids is 1. The van der Waals surface area contributed by atoms with Crippen molar-refractivity contribution in [1.29, 1.82) is 0 Å². The number of alkyl halides is 1. The highest BCUT2D eigenvalue weighted by molar-refractivity contribution is 5.77. The predicted octanol–water partition coefficient (Wildman–Crippen LogP) is 1.40. The Labute approximate surface area is 71.5 Å². The number of rotatable bonds is 0. The summed E-state index contributed by atoms with van der Waals surface area (Å²) in [5.74, 6) is 0.210. The Kier molecular flexibility index (Phi) is 2.03. The first-order valence-electron chi connectivity index (χ1n) is 4.71. The Morgan fingerprint density at radius 1 is 1.33 bits per heavy atom. The van der Waals surface area contributed by atoms with Gasteiger partial charge >= 0.3 is 0 Å². The van der Waals surface area contributed by atoms with Gasteiger partial charge in [-0.05, 0) is 25.7 Å². The highest BCUT2D eigenvalue weighted by atomic mass is 19.1. The molecule has 1 N–H and O–H groups in total. The van der Waals surface area contributed by atoms with Crippen molar-refractivity contribution >= 4 is 5.91 Å². The van der Waals surface area contributed by atoms with Crippen molar-refractivity contribution in [2.75, 3.05) is 0 Å². The van der Waals surface area contributed by atoms with Gasteiger partial charge in [0.15, 0.2) is 0 Å². The SMILES string of the molecule is O=C1CCC2C(F)CCCC2N1. The maximum atomic E-state index is 13.3. The first-order valence-corrected chi connectivity index (χ1v) is 4.71. The smallest absolute Gasteiger partial charge is 0.220 e. The number of nitrogens with one attached hydrogen (secondary N) is 1. The molecule has 1 saturated heterocycles. The van der Waals surface area contributed by atoms with Crippen molar-refractivity contribution in [3.8, 4) is 0 Å². The molecule has 0 bridgehead atoms. The van der Waals surface area contributed by atoms with Gasteiger partial charge in [0, 0.05) is 18.4 Å². The molecule has 2 fully saturated rings. The van der Waals surface area contributed by atoms with Crippen LogP contribution in [0.4, 0.5) is 4.39 Å². The Morgan fingerprint density at radius 3 is 3.00 bits per heavy atom. The molecule has 1 aliphatic carbocycles. The molecule has 68 valence electrons. The lowest BCUT2D eigenvalue weighted by molar-refractivity contribution is -0.125. The van der Waals surface area contributed by atoms with Gasteiger partial charge in [-0.25, -0.2) is 4.39 Å². The van der Waals surface area contributed by atoms with Crippen LogP contribution in [0.15, 0.2) is 0 Å². The largest absolute Gasteiger partial charge is 0.353 e. The second-order valence-electron chi connectivity index (χ2n) is 3.82. The van der Waals surface area contributed by atoms with Gasteiger partial charge in [-0.2, -0.15) is 0 Å². The normalized spacial score (nSPS) is 41.8. The van der Waals surface area contributed by atoms with Gasteiger partial charge in [0.05, 0.1) is 0 Å². The van der Waals surface area contributed by atoms with Crippen LogP contribution in [0.2, 0.25) is 0 Å². The number of amides is 1. The van der Waals surface area contributed by atoms with Gasteiger partial charge in [-0.3, -0.25) is 4.79 Å². The fraction of sp³-hybridized carbons (Fsp3) is 0.889. The highest BCUT2D eigenvalue weighted by Crippen LogP contribution is 2.32. The van der Waals surface area contributed by atoms with Crippen LogP contribution in [0.25, 0.3) is 0 Å². The van der Waals surface area contributed by atoms with E-state index in [0.717, 1.165) is 19.3 Å². The standard InChI is InChI=1S/C9H14FNO/c10-7-2-1-3-8-6(7)4-5-9(12)11-8/h6-8H,1-5H2,(H,11,12). The van der Waals surface area contributed by atoms with Crippen LogP contribution in [-0.2, 0) is 4.79 Å². The molecule has 12 heavy (non-hydrogen) atoms. The van der Waals surface area contributed by atoms with E-state index in [4.69, 9.17) is 0 Å². The lowest BCUT2D eigenvalue weighted by Gasteiger charge is -2.37. The number of carbonyl (C=O) groups is 1. The van der Waals surface area contributed by atoms with Crippen LogP contribution < -0.4 is 5.32 Å². The summed E-state index contributed by atoms with van der Waals surface area (Å²) in [6, 6.07) is 0.134. The number of halogens is 1. The predicted molar refractivity (Wildman–Crippen MR) is 43.4 cm³/mol. The van der Waals surface area contributed by atoms with Gasteiger partial charge in [0.2, 0.25) is 5.91 Å². The van der Waals surface area contributed by atoms with Crippen LogP contribution >= 0.6 is 0 Å². The lowest BCUT2D eigenvalue weighted by Crippen LogP contribution is -2.50. The van der Waals surface area contributed by atoms with E-state index in [1.54, 1.807) is 0 Å². The average Bonchev–Trinajstić information content (AvgIpc) is 2.04. The Hall–Kier alpha value is -0.600. The fourth-order valence-electron chi connectivity index (χ4n) is 2.35. The van der Waals surface area contributed by atoms with E-state index in [2.05, 4.69) is 5.32 Å². The topological polar surface area (TPSA) is 29.1 Å². The molecular formula is C9H14FNO. The molecular weight excluding hydrogens is 157 g/mol. The zero-order chi connectivity index (χ0) is 8.55. The summed E-state index contributed by atoms with van der Waals surface area (Å²) in [6.07, 6.45) is 3.17. The maximum absolute atomic E-state index is 13.3. The average molecular weight is 171 g/mol. The van der Waals surface area contributed by atoms with Gasteiger partial charge in [-0.15, -0.1) is 0 Å². The lowest BCUT2D eigenvalue weighted by atomic mass is 9.78. The summed E-state index contributed by atoms with van der Waals surface area (Å²) in [5, 5.41) is 2.87. The van der Waals surface area contributed by atoms with Crippen LogP contribution in [0.3, 0.4) is 0 Å². The number of piperidine rings is 1. The third-order valence-electron chi connectivity index (χ3n) is 3.03. The van der Waals surface area contributed by atoms with Crippen LogP contribution in [0, 0.1) is 5.92 Å². The Balaban J connectivity index is 2.04. The minimum atomic E-state index is -0.677. The molecule has 3 heteroatoms. The van der Waals surface area contributed by atoms with Gasteiger partial charge in [0.1, 0.15) is 6.17 Å². The van der Waals surface area contributed by atoms with Gasteiger partial charge in [0.25, 0.3) is 0 Å². The van der Waals surface area contributed by atoms with Gasteiger partial charge in [-0.1, -0.05) is 0 Å². The second-order valence-corrected chi connectivity index (χ2v) is 3.82. The van der Waals surface area contributed by atoms with E-state index in [0.29, 0.717) is 12.8 Å². The minimum Gasteiger partial charge on any atom is -0.353 e. The highest BCUT2D eigenvalue weighted by Gasteiger charge is 2.37. The van der Waals surface area contributed by atoms with Crippen molar-refractivity contribution in [1.82, 2.24) is 5.32 Å². The molecule has 2 nitrogen and oxygen atoms in total. The summed E-state index contributed by atoms with van der Waals surface area (Å²) in [7, 11) is 0. The van der Waals surface area contributed by atoms with Crippen LogP contribution in [0.5, 0.6) is 0 Å². The van der Waals surface area contributed by atoms with E-state index in [1.807, 2.05) is 0 Å². The molecule has 0 aromatic rings. The molecule has 3 atom stereocenters. The Bertz CT molecular complexity index is 195. The molecule has 1 heterocycles. The molecule has 3 unspecified atom stereocenters. The zero-order valence-corrected chi connectivity index (χ0v) is 7.05. The van der Waals surface area contributed by atoms with Crippen molar-refractivity contribution in [3.63, 3.8) is 0 Å². The monoisotopic (exact) mass is 171 g/mol. The van der Waals surface area contributed by atoms with Crippen LogP contribution in [0.1, 0.15) is 32.1 Å². The number of hydrogen-bond acceptors (Lipinski definition) is 1. The quantitative estimate of drug-likeness (QED) is 0.586. The first-order chi connectivity index (χ1) is 5.77. The molecule has 0 aromatic heterocycles. The molecule has 1 amide bonds. The summed E-state index contributed by atoms with van der Waals surface area (Å²) in [5.41, 5.74) is 0. The first kappa shape index (κ1) is 8.02. The third kappa shape index (κ3) is 1.32. The van der Waals surface area contributed by atoms with Crippen molar-refractivity contribution in [2.45, 2.75) is 44.3 Å². The minimum absolute atomic E-state index is 0.102. The Morgan fingerprint density at radius 2 is 2.17 bits per heavy atom. The van der Waals surface area contributed by atoms with E-state index < -0.39 is 6.17 Å². The molecule has 0 aromatic carbocycles. The van der Waals surface area contributed by atoms with Gasteiger partial charge < -0.3 is 5.32 Å². The molecule has 0 radical (unpaired) electrons. The molecule has 0 spiro atoms. The number of hydrogen-bond donors (Lipinski definition) is 1. The molecule has 2 rings (SSSR count). The summed E-state index contributed by atoms with van der Waals surface area (Å²) < 4.78 is 13.3. The molecule has 2 aliphatic rings. The molecule has 1 aliphatic heterocycles. The van der Waals surface area contributed by atoms with Crippen molar-refractivity contribution in [2.24, 2.45) is 5.92 Å². The number of fused-ring (bicyclic) bond motifs is 1. The van der Waals surface area contributed by atoms with Crippen LogP contribution in [-0.4, -0.2) is 18.1 Å². The molecule has 1 saturated carbocycles. The summed E-state index contributed by atoms with van der Waals surface area (Å²) >= 11 is 0. The summed E-state index contributed by atoms with van der Waals surface area (Å²) in [6.45, 7) is 0. The fourth-order valence-corrected chi connectivity index (χ4v) is 2.35. The summed E-state index contributed by atoms with van der Waals surface area (Å²) in [4.78, 5) is 11.0. The van der Waals surface area contributed by atoms with E-state index in [-0.39, 0.29) is 17.9 Å². The maximum Gasteiger partial charge on any atom is 0.220 e. The second kappa shape index (κ2) is 3.04. The van der Waals surface area contributed by atoms with E-state index >= 15 is 0 Å².